The van der Waals surface area contributed by atoms with Crippen molar-refractivity contribution in [2.24, 2.45) is 10.9 Å². The highest BCUT2D eigenvalue weighted by atomic mass is 32.2. The minimum atomic E-state index is -0.376. The fourth-order valence-electron chi connectivity index (χ4n) is 3.30. The minimum Gasteiger partial charge on any atom is -0.356 e. The van der Waals surface area contributed by atoms with Gasteiger partial charge in [-0.25, -0.2) is 4.99 Å². The van der Waals surface area contributed by atoms with Gasteiger partial charge < -0.3 is 5.32 Å². The lowest BCUT2D eigenvalue weighted by molar-refractivity contribution is -0.128. The zero-order valence-corrected chi connectivity index (χ0v) is 15.4. The van der Waals surface area contributed by atoms with E-state index < -0.39 is 0 Å². The summed E-state index contributed by atoms with van der Waals surface area (Å²) in [6.07, 6.45) is 6.47. The van der Waals surface area contributed by atoms with Crippen molar-refractivity contribution >= 4 is 34.4 Å². The van der Waals surface area contributed by atoms with E-state index in [4.69, 9.17) is 0 Å². The number of nitrogens with one attached hydrogen (secondary N) is 1. The van der Waals surface area contributed by atoms with Gasteiger partial charge in [-0.2, -0.15) is 0 Å². The molecule has 0 unspecified atom stereocenters. The average molecular weight is 359 g/mol. The topological polar surface area (TPSA) is 61.8 Å². The third-order valence-electron chi connectivity index (χ3n) is 4.80. The molecule has 0 spiro atoms. The summed E-state index contributed by atoms with van der Waals surface area (Å²) in [5.41, 5.74) is 0.812. The summed E-state index contributed by atoms with van der Waals surface area (Å²) in [5.74, 6) is 0.515. The quantitative estimate of drug-likeness (QED) is 0.877. The molecule has 2 fully saturated rings. The van der Waals surface area contributed by atoms with Crippen LogP contribution in [0, 0.1) is 5.92 Å². The van der Waals surface area contributed by atoms with E-state index in [1.807, 2.05) is 30.3 Å². The Labute approximate surface area is 153 Å². The molecular formula is C19H25N3O2S. The molecule has 1 saturated heterocycles. The van der Waals surface area contributed by atoms with Crippen LogP contribution in [0.15, 0.2) is 35.3 Å². The molecule has 134 valence electrons. The van der Waals surface area contributed by atoms with Crippen LogP contribution >= 0.6 is 11.8 Å². The van der Waals surface area contributed by atoms with Crippen LogP contribution in [0.4, 0.5) is 5.69 Å². The van der Waals surface area contributed by atoms with Crippen molar-refractivity contribution in [1.82, 2.24) is 10.2 Å². The lowest BCUT2D eigenvalue weighted by atomic mass is 9.89. The monoisotopic (exact) mass is 359 g/mol. The van der Waals surface area contributed by atoms with Crippen LogP contribution in [0.25, 0.3) is 0 Å². The first kappa shape index (κ1) is 18.0. The number of hydrogen-bond donors (Lipinski definition) is 1. The van der Waals surface area contributed by atoms with Crippen LogP contribution in [-0.2, 0) is 9.59 Å². The first-order valence-electron chi connectivity index (χ1n) is 8.98. The molecule has 1 aliphatic carbocycles. The SMILES string of the molecule is CN1C(=O)[C@H](CC(=O)NCC2CCCCC2)SC1=Nc1ccccc1. The molecule has 2 aliphatic rings. The molecule has 1 heterocycles. The molecule has 6 heteroatoms. The normalized spacial score (nSPS) is 23.2. The fourth-order valence-corrected chi connectivity index (χ4v) is 4.45. The number of amides is 2. The van der Waals surface area contributed by atoms with E-state index in [0.717, 1.165) is 12.2 Å². The van der Waals surface area contributed by atoms with Crippen LogP contribution < -0.4 is 5.32 Å². The van der Waals surface area contributed by atoms with Gasteiger partial charge in [0.2, 0.25) is 11.8 Å². The molecule has 1 saturated carbocycles. The van der Waals surface area contributed by atoms with E-state index in [0.29, 0.717) is 11.1 Å². The summed E-state index contributed by atoms with van der Waals surface area (Å²) >= 11 is 1.38. The van der Waals surface area contributed by atoms with Gasteiger partial charge in [0.15, 0.2) is 5.17 Å². The molecule has 1 aromatic carbocycles. The van der Waals surface area contributed by atoms with E-state index in [1.165, 1.54) is 43.9 Å². The zero-order chi connectivity index (χ0) is 17.6. The maximum Gasteiger partial charge on any atom is 0.242 e. The number of rotatable bonds is 5. The molecule has 1 atom stereocenters. The maximum atomic E-state index is 12.4. The van der Waals surface area contributed by atoms with Gasteiger partial charge in [-0.05, 0) is 30.9 Å². The van der Waals surface area contributed by atoms with Gasteiger partial charge in [-0.3, -0.25) is 14.5 Å². The van der Waals surface area contributed by atoms with Crippen LogP contribution in [0.1, 0.15) is 38.5 Å². The Morgan fingerprint density at radius 1 is 1.24 bits per heavy atom. The first-order valence-corrected chi connectivity index (χ1v) is 9.86. The van der Waals surface area contributed by atoms with Crippen molar-refractivity contribution in [3.05, 3.63) is 30.3 Å². The predicted molar refractivity (Wildman–Crippen MR) is 102 cm³/mol. The molecular weight excluding hydrogens is 334 g/mol. The minimum absolute atomic E-state index is 0.0363. The second kappa shape index (κ2) is 8.52. The average Bonchev–Trinajstić information content (AvgIpc) is 2.90. The molecule has 1 aliphatic heterocycles. The molecule has 1 aromatic rings. The van der Waals surface area contributed by atoms with Crippen molar-refractivity contribution in [1.29, 1.82) is 0 Å². The highest BCUT2D eigenvalue weighted by molar-refractivity contribution is 8.15. The van der Waals surface area contributed by atoms with E-state index in [-0.39, 0.29) is 23.5 Å². The van der Waals surface area contributed by atoms with Crippen LogP contribution in [-0.4, -0.2) is 40.7 Å². The van der Waals surface area contributed by atoms with Crippen molar-refractivity contribution in [2.45, 2.75) is 43.8 Å². The Balaban J connectivity index is 1.53. The highest BCUT2D eigenvalue weighted by Gasteiger charge is 2.37. The molecule has 0 aromatic heterocycles. The largest absolute Gasteiger partial charge is 0.356 e. The standard InChI is InChI=1S/C19H25N3O2S/c1-22-18(24)16(25-19(22)21-15-10-6-3-7-11-15)12-17(23)20-13-14-8-4-2-5-9-14/h3,6-7,10-11,14,16H,2,4-5,8-9,12-13H2,1H3,(H,20,23)/t16-/m0/s1. The van der Waals surface area contributed by atoms with Gasteiger partial charge in [-0.15, -0.1) is 0 Å². The Bertz CT molecular complexity index is 641. The van der Waals surface area contributed by atoms with Gasteiger partial charge in [0, 0.05) is 20.0 Å². The predicted octanol–water partition coefficient (Wildman–Crippen LogP) is 3.33. The highest BCUT2D eigenvalue weighted by Crippen LogP contribution is 2.30. The van der Waals surface area contributed by atoms with Crippen LogP contribution in [0.3, 0.4) is 0 Å². The van der Waals surface area contributed by atoms with Crippen molar-refractivity contribution in [2.75, 3.05) is 13.6 Å². The summed E-state index contributed by atoms with van der Waals surface area (Å²) in [7, 11) is 1.72. The first-order chi connectivity index (χ1) is 12.1. The zero-order valence-electron chi connectivity index (χ0n) is 14.6. The number of nitrogens with zero attached hydrogens (tertiary/aromatic N) is 2. The van der Waals surface area contributed by atoms with E-state index in [1.54, 1.807) is 11.9 Å². The van der Waals surface area contributed by atoms with E-state index in [2.05, 4.69) is 10.3 Å². The number of carbonyl (C=O) groups excluding carboxylic acids is 2. The Hall–Kier alpha value is -1.82. The Morgan fingerprint density at radius 3 is 2.68 bits per heavy atom. The number of thioether (sulfide) groups is 1. The number of carbonyl (C=O) groups is 2. The van der Waals surface area contributed by atoms with Crippen LogP contribution in [0.5, 0.6) is 0 Å². The Morgan fingerprint density at radius 2 is 1.96 bits per heavy atom. The molecule has 2 amide bonds. The molecule has 1 N–H and O–H groups in total. The maximum absolute atomic E-state index is 12.4. The van der Waals surface area contributed by atoms with E-state index >= 15 is 0 Å². The van der Waals surface area contributed by atoms with Gasteiger partial charge in [0.25, 0.3) is 0 Å². The van der Waals surface area contributed by atoms with Crippen molar-refractivity contribution in [3.63, 3.8) is 0 Å². The van der Waals surface area contributed by atoms with Gasteiger partial charge in [-0.1, -0.05) is 49.2 Å². The second-order valence-electron chi connectivity index (χ2n) is 6.75. The summed E-state index contributed by atoms with van der Waals surface area (Å²) in [5, 5.41) is 3.29. The number of hydrogen-bond acceptors (Lipinski definition) is 4. The Kier molecular flexibility index (Phi) is 6.13. The third kappa shape index (κ3) is 4.84. The fraction of sp³-hybridized carbons (Fsp3) is 0.526. The van der Waals surface area contributed by atoms with Crippen LogP contribution in [0.2, 0.25) is 0 Å². The molecule has 5 nitrogen and oxygen atoms in total. The van der Waals surface area contributed by atoms with E-state index in [9.17, 15) is 9.59 Å². The molecule has 0 bridgehead atoms. The van der Waals surface area contributed by atoms with Crippen molar-refractivity contribution < 1.29 is 9.59 Å². The molecule has 25 heavy (non-hydrogen) atoms. The molecule has 3 rings (SSSR count). The smallest absolute Gasteiger partial charge is 0.242 e. The second-order valence-corrected chi connectivity index (χ2v) is 7.92. The number of para-hydroxylation sites is 1. The van der Waals surface area contributed by atoms with Gasteiger partial charge in [0.05, 0.1) is 5.69 Å². The number of amidine groups is 1. The van der Waals surface area contributed by atoms with Crippen molar-refractivity contribution in [3.8, 4) is 0 Å². The summed E-state index contributed by atoms with van der Waals surface area (Å²) < 4.78 is 0. The van der Waals surface area contributed by atoms with Gasteiger partial charge >= 0.3 is 0 Å². The lowest BCUT2D eigenvalue weighted by Crippen LogP contribution is -2.34. The number of aliphatic imine (C=N–C) groups is 1. The van der Waals surface area contributed by atoms with Gasteiger partial charge in [0.1, 0.15) is 5.25 Å². The summed E-state index contributed by atoms with van der Waals surface area (Å²) in [4.78, 5) is 30.7. The summed E-state index contributed by atoms with van der Waals surface area (Å²) in [6, 6.07) is 9.56. The summed E-state index contributed by atoms with van der Waals surface area (Å²) in [6.45, 7) is 0.741. The third-order valence-corrected chi connectivity index (χ3v) is 6.03. The molecule has 0 radical (unpaired) electrons. The number of benzene rings is 1. The lowest BCUT2D eigenvalue weighted by Gasteiger charge is -2.21.